The molecule has 0 radical (unpaired) electrons. The molecule has 4 nitrogen and oxygen atoms in total. The van der Waals surface area contributed by atoms with Crippen molar-refractivity contribution in [1.29, 1.82) is 0 Å². The first kappa shape index (κ1) is 15.8. The minimum absolute atomic E-state index is 0.00342. The first-order valence-electron chi connectivity index (χ1n) is 7.34. The lowest BCUT2D eigenvalue weighted by atomic mass is 10.1. The summed E-state index contributed by atoms with van der Waals surface area (Å²) in [5.41, 5.74) is 7.12. The Bertz CT molecular complexity index is 611. The van der Waals surface area contributed by atoms with Gasteiger partial charge in [0.15, 0.2) is 0 Å². The van der Waals surface area contributed by atoms with E-state index in [1.165, 1.54) is 0 Å². The van der Waals surface area contributed by atoms with Crippen LogP contribution in [0, 0.1) is 0 Å². The summed E-state index contributed by atoms with van der Waals surface area (Å²) >= 11 is 0. The van der Waals surface area contributed by atoms with Crippen molar-refractivity contribution in [2.45, 2.75) is 19.3 Å². The van der Waals surface area contributed by atoms with Crippen LogP contribution in [0.15, 0.2) is 60.7 Å². The molecule has 0 aromatic heterocycles. The van der Waals surface area contributed by atoms with Gasteiger partial charge in [0, 0.05) is 25.1 Å². The zero-order chi connectivity index (χ0) is 15.8. The number of hydrogen-bond donors (Lipinski definition) is 1. The number of amides is 2. The van der Waals surface area contributed by atoms with Crippen LogP contribution in [0.4, 0.5) is 5.69 Å². The van der Waals surface area contributed by atoms with Crippen molar-refractivity contribution in [3.8, 4) is 0 Å². The molecule has 0 fully saturated rings. The van der Waals surface area contributed by atoms with E-state index in [0.29, 0.717) is 19.4 Å². The first-order valence-corrected chi connectivity index (χ1v) is 7.34. The molecular formula is C18H20N2O2. The van der Waals surface area contributed by atoms with Gasteiger partial charge in [-0.2, -0.15) is 0 Å². The van der Waals surface area contributed by atoms with Gasteiger partial charge in [0.2, 0.25) is 11.8 Å². The zero-order valence-electron chi connectivity index (χ0n) is 12.4. The second-order valence-electron chi connectivity index (χ2n) is 5.08. The number of hydrogen-bond acceptors (Lipinski definition) is 2. The molecule has 0 spiro atoms. The molecule has 0 heterocycles. The summed E-state index contributed by atoms with van der Waals surface area (Å²) < 4.78 is 0. The summed E-state index contributed by atoms with van der Waals surface area (Å²) in [6, 6.07) is 19.2. The van der Waals surface area contributed by atoms with Gasteiger partial charge in [-0.3, -0.25) is 9.59 Å². The number of anilines is 1. The summed E-state index contributed by atoms with van der Waals surface area (Å²) in [6.07, 6.45) is 1.24. The van der Waals surface area contributed by atoms with Crippen LogP contribution in [0.5, 0.6) is 0 Å². The highest BCUT2D eigenvalue weighted by Crippen LogP contribution is 2.16. The summed E-state index contributed by atoms with van der Waals surface area (Å²) in [5.74, 6) is -0.409. The maximum atomic E-state index is 12.5. The van der Waals surface area contributed by atoms with Crippen molar-refractivity contribution in [1.82, 2.24) is 0 Å². The Balaban J connectivity index is 2.04. The van der Waals surface area contributed by atoms with Gasteiger partial charge in [-0.05, 0) is 24.1 Å². The maximum Gasteiger partial charge on any atom is 0.227 e. The van der Waals surface area contributed by atoms with Crippen molar-refractivity contribution >= 4 is 17.5 Å². The van der Waals surface area contributed by atoms with E-state index < -0.39 is 5.91 Å². The van der Waals surface area contributed by atoms with Crippen LogP contribution in [0.3, 0.4) is 0 Å². The molecule has 2 rings (SSSR count). The molecule has 0 aliphatic rings. The lowest BCUT2D eigenvalue weighted by Gasteiger charge is -2.22. The molecule has 0 saturated heterocycles. The third kappa shape index (κ3) is 4.74. The number of para-hydroxylation sites is 1. The van der Waals surface area contributed by atoms with Crippen LogP contribution in [-0.4, -0.2) is 18.4 Å². The predicted molar refractivity (Wildman–Crippen MR) is 87.4 cm³/mol. The van der Waals surface area contributed by atoms with Crippen LogP contribution >= 0.6 is 0 Å². The third-order valence-corrected chi connectivity index (χ3v) is 3.42. The van der Waals surface area contributed by atoms with Gasteiger partial charge in [-0.25, -0.2) is 0 Å². The molecule has 22 heavy (non-hydrogen) atoms. The summed E-state index contributed by atoms with van der Waals surface area (Å²) in [4.78, 5) is 25.2. The molecular weight excluding hydrogens is 276 g/mol. The average Bonchev–Trinajstić information content (AvgIpc) is 2.55. The number of primary amides is 1. The Morgan fingerprint density at radius 2 is 1.45 bits per heavy atom. The number of carbonyl (C=O) groups excluding carboxylic acids is 2. The van der Waals surface area contributed by atoms with Gasteiger partial charge in [0.25, 0.3) is 0 Å². The van der Waals surface area contributed by atoms with Gasteiger partial charge < -0.3 is 10.6 Å². The minimum Gasteiger partial charge on any atom is -0.370 e. The number of carbonyl (C=O) groups is 2. The van der Waals surface area contributed by atoms with E-state index in [0.717, 1.165) is 11.3 Å². The molecule has 0 bridgehead atoms. The normalized spacial score (nSPS) is 10.2. The van der Waals surface area contributed by atoms with E-state index in [4.69, 9.17) is 5.73 Å². The number of nitrogens with two attached hydrogens (primary N) is 1. The van der Waals surface area contributed by atoms with Crippen molar-refractivity contribution in [2.75, 3.05) is 11.4 Å². The van der Waals surface area contributed by atoms with Crippen molar-refractivity contribution in [3.63, 3.8) is 0 Å². The zero-order valence-corrected chi connectivity index (χ0v) is 12.4. The first-order chi connectivity index (χ1) is 10.7. The second kappa shape index (κ2) is 7.98. The van der Waals surface area contributed by atoms with Crippen LogP contribution in [-0.2, 0) is 16.0 Å². The monoisotopic (exact) mass is 296 g/mol. The third-order valence-electron chi connectivity index (χ3n) is 3.42. The van der Waals surface area contributed by atoms with Crippen molar-refractivity contribution < 1.29 is 9.59 Å². The number of rotatable bonds is 7. The Kier molecular flexibility index (Phi) is 5.72. The van der Waals surface area contributed by atoms with Crippen LogP contribution in [0.1, 0.15) is 18.4 Å². The SMILES string of the molecule is NC(=O)CCN(C(=O)CCc1ccccc1)c1ccccc1. The standard InChI is InChI=1S/C18H20N2O2/c19-17(21)13-14-20(16-9-5-2-6-10-16)18(22)12-11-15-7-3-1-4-8-15/h1-10H,11-14H2,(H2,19,21). The average molecular weight is 296 g/mol. The molecule has 2 N–H and O–H groups in total. The van der Waals surface area contributed by atoms with E-state index in [-0.39, 0.29) is 12.3 Å². The highest BCUT2D eigenvalue weighted by molar-refractivity contribution is 5.94. The predicted octanol–water partition coefficient (Wildman–Crippen LogP) is 2.53. The smallest absolute Gasteiger partial charge is 0.227 e. The lowest BCUT2D eigenvalue weighted by molar-refractivity contribution is -0.119. The van der Waals surface area contributed by atoms with E-state index in [2.05, 4.69) is 0 Å². The summed E-state index contributed by atoms with van der Waals surface area (Å²) in [6.45, 7) is 0.312. The van der Waals surface area contributed by atoms with E-state index in [1.807, 2.05) is 60.7 Å². The fourth-order valence-electron chi connectivity index (χ4n) is 2.26. The summed E-state index contributed by atoms with van der Waals surface area (Å²) in [5, 5.41) is 0. The van der Waals surface area contributed by atoms with Gasteiger partial charge in [-0.1, -0.05) is 48.5 Å². The van der Waals surface area contributed by atoms with Gasteiger partial charge >= 0.3 is 0 Å². The second-order valence-corrected chi connectivity index (χ2v) is 5.08. The molecule has 0 aliphatic heterocycles. The molecule has 114 valence electrons. The highest BCUT2D eigenvalue weighted by Gasteiger charge is 2.16. The van der Waals surface area contributed by atoms with Crippen molar-refractivity contribution in [3.05, 3.63) is 66.2 Å². The highest BCUT2D eigenvalue weighted by atomic mass is 16.2. The Hall–Kier alpha value is -2.62. The summed E-state index contributed by atoms with van der Waals surface area (Å²) in [7, 11) is 0. The van der Waals surface area contributed by atoms with Gasteiger partial charge in [-0.15, -0.1) is 0 Å². The van der Waals surface area contributed by atoms with E-state index in [9.17, 15) is 9.59 Å². The fraction of sp³-hybridized carbons (Fsp3) is 0.222. The van der Waals surface area contributed by atoms with Gasteiger partial charge in [0.1, 0.15) is 0 Å². The van der Waals surface area contributed by atoms with Gasteiger partial charge in [0.05, 0.1) is 0 Å². The van der Waals surface area contributed by atoms with Crippen molar-refractivity contribution in [2.24, 2.45) is 5.73 Å². The van der Waals surface area contributed by atoms with Crippen LogP contribution in [0.2, 0.25) is 0 Å². The quantitative estimate of drug-likeness (QED) is 0.853. The fourth-order valence-corrected chi connectivity index (χ4v) is 2.26. The molecule has 0 saturated carbocycles. The van der Waals surface area contributed by atoms with E-state index >= 15 is 0 Å². The molecule has 4 heteroatoms. The Morgan fingerprint density at radius 3 is 2.05 bits per heavy atom. The molecule has 0 unspecified atom stereocenters. The number of aryl methyl sites for hydroxylation is 1. The lowest BCUT2D eigenvalue weighted by Crippen LogP contribution is -2.34. The van der Waals surface area contributed by atoms with Crippen LogP contribution in [0.25, 0.3) is 0 Å². The Labute approximate surface area is 130 Å². The topological polar surface area (TPSA) is 63.4 Å². The molecule has 2 aromatic carbocycles. The maximum absolute atomic E-state index is 12.5. The molecule has 0 atom stereocenters. The number of nitrogens with zero attached hydrogens (tertiary/aromatic N) is 1. The largest absolute Gasteiger partial charge is 0.370 e. The number of benzene rings is 2. The molecule has 2 amide bonds. The molecule has 2 aromatic rings. The Morgan fingerprint density at radius 1 is 0.864 bits per heavy atom. The van der Waals surface area contributed by atoms with Crippen LogP contribution < -0.4 is 10.6 Å². The van der Waals surface area contributed by atoms with E-state index in [1.54, 1.807) is 4.90 Å². The minimum atomic E-state index is -0.406. The molecule has 0 aliphatic carbocycles.